The molecule has 128 valence electrons. The summed E-state index contributed by atoms with van der Waals surface area (Å²) in [5.74, 6) is 0.334. The Bertz CT molecular complexity index is 1110. The maximum Gasteiger partial charge on any atom is 0.116 e. The van der Waals surface area contributed by atoms with Crippen LogP contribution in [0.3, 0.4) is 0 Å². The minimum Gasteiger partial charge on any atom is -0.411 e. The lowest BCUT2D eigenvalue weighted by molar-refractivity contribution is 0.314. The number of nitrogens with one attached hydrogen (secondary N) is 1. The number of hydrogen-bond acceptors (Lipinski definition) is 4. The van der Waals surface area contributed by atoms with E-state index < -0.39 is 0 Å². The molecule has 5 nitrogen and oxygen atoms in total. The van der Waals surface area contributed by atoms with E-state index in [1.807, 2.05) is 6.07 Å². The van der Waals surface area contributed by atoms with Crippen molar-refractivity contribution in [2.24, 2.45) is 16.5 Å². The lowest BCUT2D eigenvalue weighted by Gasteiger charge is -2.34. The number of rotatable bonds is 1. The van der Waals surface area contributed by atoms with Crippen molar-refractivity contribution in [1.82, 2.24) is 15.4 Å². The van der Waals surface area contributed by atoms with Crippen LogP contribution in [-0.2, 0) is 6.42 Å². The molecule has 3 aliphatic rings. The first-order valence-electron chi connectivity index (χ1n) is 9.16. The van der Waals surface area contributed by atoms with Crippen molar-refractivity contribution in [2.75, 3.05) is 0 Å². The third-order valence-corrected chi connectivity index (χ3v) is 6.59. The van der Waals surface area contributed by atoms with Gasteiger partial charge in [0.25, 0.3) is 0 Å². The summed E-state index contributed by atoms with van der Waals surface area (Å²) in [6.07, 6.45) is 4.28. The van der Waals surface area contributed by atoms with Crippen LogP contribution in [0.1, 0.15) is 36.0 Å². The fourth-order valence-corrected chi connectivity index (χ4v) is 5.60. The molecule has 1 aromatic heterocycles. The molecule has 1 saturated carbocycles. The Balaban J connectivity index is 1.74. The molecule has 0 amide bonds. The Labute approximate surface area is 150 Å². The van der Waals surface area contributed by atoms with Crippen molar-refractivity contribution in [3.05, 3.63) is 59.2 Å². The number of benzene rings is 2. The number of aromatic nitrogens is 3. The molecule has 3 aliphatic carbocycles. The molecule has 0 unspecified atom stereocenters. The minimum atomic E-state index is 0.138. The van der Waals surface area contributed by atoms with Gasteiger partial charge in [-0.1, -0.05) is 46.8 Å². The van der Waals surface area contributed by atoms with Gasteiger partial charge in [-0.2, -0.15) is 0 Å². The number of hydrogen-bond donors (Lipinski definition) is 2. The first-order chi connectivity index (χ1) is 12.8. The van der Waals surface area contributed by atoms with Crippen LogP contribution in [0, 0.1) is 11.3 Å². The second-order valence-electron chi connectivity index (χ2n) is 7.80. The quantitative estimate of drug-likeness (QED) is 0.517. The smallest absolute Gasteiger partial charge is 0.116 e. The molecule has 0 radical (unpaired) electrons. The molecule has 1 spiro atoms. The van der Waals surface area contributed by atoms with Gasteiger partial charge in [0, 0.05) is 16.9 Å². The van der Waals surface area contributed by atoms with Gasteiger partial charge in [-0.3, -0.25) is 5.10 Å². The van der Waals surface area contributed by atoms with E-state index >= 15 is 0 Å². The molecule has 1 fully saturated rings. The SMILES string of the molecule is O/N=C1\C(c2ccccc2)=C2c3ccc4[nH]nnc4c3C[C@@]23CC[C@@H]1C3. The standard InChI is InChI=1S/C21H18N4O/c26-24-19-13-8-9-21(10-13)11-15-14(6-7-16-20(15)23-25-22-16)18(21)17(19)12-4-2-1-3-5-12/h1-7,13,26H,8-11H2,(H,22,23,25)/b24-19-/t13-,21+/m1/s1. The zero-order valence-corrected chi connectivity index (χ0v) is 14.2. The highest BCUT2D eigenvalue weighted by atomic mass is 16.4. The van der Waals surface area contributed by atoms with Gasteiger partial charge in [0.1, 0.15) is 5.52 Å². The summed E-state index contributed by atoms with van der Waals surface area (Å²) >= 11 is 0. The van der Waals surface area contributed by atoms with E-state index in [4.69, 9.17) is 0 Å². The van der Waals surface area contributed by atoms with Crippen LogP contribution in [0.4, 0.5) is 0 Å². The lowest BCUT2D eigenvalue weighted by atomic mass is 9.69. The Morgan fingerprint density at radius 1 is 1.15 bits per heavy atom. The maximum absolute atomic E-state index is 9.87. The Morgan fingerprint density at radius 2 is 2.04 bits per heavy atom. The van der Waals surface area contributed by atoms with Crippen LogP contribution in [0.15, 0.2) is 47.6 Å². The molecule has 1 heterocycles. The Morgan fingerprint density at radius 3 is 2.88 bits per heavy atom. The molecule has 0 aliphatic heterocycles. The average Bonchev–Trinajstić information content (AvgIpc) is 3.37. The van der Waals surface area contributed by atoms with Crippen LogP contribution in [0.2, 0.25) is 0 Å². The highest BCUT2D eigenvalue weighted by Crippen LogP contribution is 2.64. The molecule has 2 N–H and O–H groups in total. The average molecular weight is 342 g/mol. The third-order valence-electron chi connectivity index (χ3n) is 6.59. The molecular formula is C21H18N4O. The summed E-state index contributed by atoms with van der Waals surface area (Å²) < 4.78 is 0. The number of nitrogens with zero attached hydrogens (tertiary/aromatic N) is 3. The first kappa shape index (κ1) is 14.2. The molecule has 2 bridgehead atoms. The van der Waals surface area contributed by atoms with Gasteiger partial charge in [0.05, 0.1) is 11.2 Å². The molecule has 26 heavy (non-hydrogen) atoms. The van der Waals surface area contributed by atoms with Crippen LogP contribution in [-0.4, -0.2) is 26.3 Å². The predicted molar refractivity (Wildman–Crippen MR) is 99.8 cm³/mol. The Hall–Kier alpha value is -2.95. The maximum atomic E-state index is 9.87. The van der Waals surface area contributed by atoms with Crippen molar-refractivity contribution < 1.29 is 5.21 Å². The van der Waals surface area contributed by atoms with E-state index in [0.29, 0.717) is 5.92 Å². The third kappa shape index (κ3) is 1.63. The lowest BCUT2D eigenvalue weighted by Crippen LogP contribution is -2.27. The zero-order chi connectivity index (χ0) is 17.3. The predicted octanol–water partition coefficient (Wildman–Crippen LogP) is 4.06. The molecule has 6 rings (SSSR count). The topological polar surface area (TPSA) is 74.2 Å². The van der Waals surface area contributed by atoms with Crippen LogP contribution < -0.4 is 0 Å². The van der Waals surface area contributed by atoms with E-state index in [1.165, 1.54) is 16.7 Å². The fourth-order valence-electron chi connectivity index (χ4n) is 5.60. The van der Waals surface area contributed by atoms with E-state index in [1.54, 1.807) is 0 Å². The second kappa shape index (κ2) is 4.81. The molecule has 0 saturated heterocycles. The largest absolute Gasteiger partial charge is 0.411 e. The molecule has 3 aromatic rings. The molecular weight excluding hydrogens is 324 g/mol. The number of fused-ring (bicyclic) bond motifs is 5. The highest BCUT2D eigenvalue weighted by Gasteiger charge is 2.54. The van der Waals surface area contributed by atoms with Crippen LogP contribution in [0.25, 0.3) is 22.2 Å². The molecule has 5 heteroatoms. The summed E-state index contributed by atoms with van der Waals surface area (Å²) in [7, 11) is 0. The van der Waals surface area contributed by atoms with Crippen molar-refractivity contribution in [3.63, 3.8) is 0 Å². The molecule has 2 aromatic carbocycles. The normalized spacial score (nSPS) is 28.0. The number of oxime groups is 1. The summed E-state index contributed by atoms with van der Waals surface area (Å²) in [6, 6.07) is 14.6. The summed E-state index contributed by atoms with van der Waals surface area (Å²) in [5.41, 5.74) is 9.13. The van der Waals surface area contributed by atoms with Gasteiger partial charge in [-0.25, -0.2) is 0 Å². The van der Waals surface area contributed by atoms with E-state index in [0.717, 1.165) is 53.6 Å². The van der Waals surface area contributed by atoms with Crippen molar-refractivity contribution in [2.45, 2.75) is 25.7 Å². The fraction of sp³-hybridized carbons (Fsp3) is 0.286. The van der Waals surface area contributed by atoms with Crippen molar-refractivity contribution in [1.29, 1.82) is 0 Å². The first-order valence-corrected chi connectivity index (χ1v) is 9.16. The van der Waals surface area contributed by atoms with Crippen molar-refractivity contribution >= 4 is 27.9 Å². The summed E-state index contributed by atoms with van der Waals surface area (Å²) in [4.78, 5) is 0. The van der Waals surface area contributed by atoms with Gasteiger partial charge in [-0.05, 0) is 54.0 Å². The highest BCUT2D eigenvalue weighted by molar-refractivity contribution is 6.33. The van der Waals surface area contributed by atoms with Gasteiger partial charge in [0.15, 0.2) is 0 Å². The number of H-pyrrole nitrogens is 1. The monoisotopic (exact) mass is 342 g/mol. The van der Waals surface area contributed by atoms with Crippen molar-refractivity contribution in [3.8, 4) is 0 Å². The van der Waals surface area contributed by atoms with Gasteiger partial charge >= 0.3 is 0 Å². The molecule has 2 atom stereocenters. The van der Waals surface area contributed by atoms with E-state index in [-0.39, 0.29) is 5.41 Å². The van der Waals surface area contributed by atoms with Gasteiger partial charge in [0.2, 0.25) is 0 Å². The van der Waals surface area contributed by atoms with Gasteiger partial charge in [-0.15, -0.1) is 5.10 Å². The summed E-state index contributed by atoms with van der Waals surface area (Å²) in [6.45, 7) is 0. The zero-order valence-electron chi connectivity index (χ0n) is 14.2. The minimum absolute atomic E-state index is 0.138. The van der Waals surface area contributed by atoms with Gasteiger partial charge < -0.3 is 5.21 Å². The number of allylic oxidation sites excluding steroid dienone is 2. The van der Waals surface area contributed by atoms with E-state index in [2.05, 4.69) is 57.0 Å². The Kier molecular flexibility index (Phi) is 2.64. The second-order valence-corrected chi connectivity index (χ2v) is 7.80. The van der Waals surface area contributed by atoms with E-state index in [9.17, 15) is 5.21 Å². The van der Waals surface area contributed by atoms with Crippen LogP contribution in [0.5, 0.6) is 0 Å². The summed E-state index contributed by atoms with van der Waals surface area (Å²) in [5, 5.41) is 25.0. The number of aromatic amines is 1. The van der Waals surface area contributed by atoms with Crippen LogP contribution >= 0.6 is 0 Å².